The number of hydrogen-bond acceptors (Lipinski definition) is 5. The molecule has 1 aromatic carbocycles. The fourth-order valence-corrected chi connectivity index (χ4v) is 3.35. The van der Waals surface area contributed by atoms with Gasteiger partial charge in [-0.05, 0) is 54.3 Å². The Morgan fingerprint density at radius 3 is 2.71 bits per heavy atom. The molecular formula is C21H21N3O3S. The Morgan fingerprint density at radius 1 is 1.18 bits per heavy atom. The first-order valence-corrected chi connectivity index (χ1v) is 9.72. The van der Waals surface area contributed by atoms with Crippen LogP contribution in [-0.4, -0.2) is 23.3 Å². The quantitative estimate of drug-likeness (QED) is 0.616. The summed E-state index contributed by atoms with van der Waals surface area (Å²) in [6, 6.07) is 12.8. The van der Waals surface area contributed by atoms with Gasteiger partial charge >= 0.3 is 11.8 Å². The first kappa shape index (κ1) is 19.6. The lowest BCUT2D eigenvalue weighted by molar-refractivity contribution is -0.136. The van der Waals surface area contributed by atoms with E-state index in [0.717, 1.165) is 5.56 Å². The lowest BCUT2D eigenvalue weighted by Gasteiger charge is -2.12. The van der Waals surface area contributed by atoms with Crippen molar-refractivity contribution in [3.63, 3.8) is 0 Å². The second kappa shape index (κ2) is 9.14. The van der Waals surface area contributed by atoms with E-state index in [0.29, 0.717) is 23.7 Å². The number of amides is 2. The Morgan fingerprint density at radius 2 is 2.04 bits per heavy atom. The van der Waals surface area contributed by atoms with Crippen LogP contribution in [0.15, 0.2) is 60.2 Å². The van der Waals surface area contributed by atoms with E-state index in [1.807, 2.05) is 37.4 Å². The largest absolute Gasteiger partial charge is 0.455 e. The highest BCUT2D eigenvalue weighted by molar-refractivity contribution is 7.10. The monoisotopic (exact) mass is 395 g/mol. The summed E-state index contributed by atoms with van der Waals surface area (Å²) in [5.74, 6) is 0.0835. The molecule has 3 aromatic rings. The third-order valence-corrected chi connectivity index (χ3v) is 5.20. The topological polar surface area (TPSA) is 80.3 Å². The van der Waals surface area contributed by atoms with Crippen molar-refractivity contribution in [2.75, 3.05) is 11.9 Å². The maximum absolute atomic E-state index is 12.1. The third kappa shape index (κ3) is 5.17. The number of pyridine rings is 1. The molecule has 3 rings (SSSR count). The summed E-state index contributed by atoms with van der Waals surface area (Å²) in [6.45, 7) is 4.28. The number of aromatic nitrogens is 1. The number of nitrogens with zero attached hydrogens (tertiary/aromatic N) is 1. The normalized spacial score (nSPS) is 11.5. The number of carbonyl (C=O) groups is 2. The minimum absolute atomic E-state index is 0.155. The first-order chi connectivity index (χ1) is 13.5. The van der Waals surface area contributed by atoms with Crippen LogP contribution in [0.1, 0.15) is 23.3 Å². The predicted octanol–water partition coefficient (Wildman–Crippen LogP) is 4.10. The lowest BCUT2D eigenvalue weighted by Crippen LogP contribution is -2.37. The van der Waals surface area contributed by atoms with Gasteiger partial charge in [0.2, 0.25) is 0 Å². The van der Waals surface area contributed by atoms with E-state index in [-0.39, 0.29) is 5.92 Å². The maximum Gasteiger partial charge on any atom is 0.313 e. The Labute approximate surface area is 167 Å². The summed E-state index contributed by atoms with van der Waals surface area (Å²) >= 11 is 1.63. The molecule has 0 saturated carbocycles. The number of aryl methyl sites for hydroxylation is 1. The zero-order valence-corrected chi connectivity index (χ0v) is 16.5. The molecule has 0 aliphatic carbocycles. The number of thiophene rings is 1. The van der Waals surface area contributed by atoms with Crippen molar-refractivity contribution < 1.29 is 14.3 Å². The molecule has 0 unspecified atom stereocenters. The second-order valence-electron chi connectivity index (χ2n) is 6.35. The highest BCUT2D eigenvalue weighted by Crippen LogP contribution is 2.26. The molecule has 0 fully saturated rings. The van der Waals surface area contributed by atoms with Crippen molar-refractivity contribution >= 4 is 28.8 Å². The summed E-state index contributed by atoms with van der Waals surface area (Å²) < 4.78 is 5.76. The van der Waals surface area contributed by atoms with Crippen LogP contribution in [0, 0.1) is 6.92 Å². The highest BCUT2D eigenvalue weighted by atomic mass is 32.1. The zero-order valence-electron chi connectivity index (χ0n) is 15.6. The summed E-state index contributed by atoms with van der Waals surface area (Å²) in [5.41, 5.74) is 1.36. The third-order valence-electron chi connectivity index (χ3n) is 4.10. The molecule has 6 nitrogen and oxygen atoms in total. The molecule has 0 bridgehead atoms. The minimum Gasteiger partial charge on any atom is -0.455 e. The van der Waals surface area contributed by atoms with Crippen LogP contribution in [0.2, 0.25) is 0 Å². The van der Waals surface area contributed by atoms with Gasteiger partial charge in [-0.15, -0.1) is 11.3 Å². The van der Waals surface area contributed by atoms with Crippen LogP contribution in [0.4, 0.5) is 5.69 Å². The van der Waals surface area contributed by atoms with Crippen molar-refractivity contribution in [2.45, 2.75) is 19.8 Å². The molecule has 2 heterocycles. The van der Waals surface area contributed by atoms with Crippen molar-refractivity contribution in [3.8, 4) is 11.5 Å². The summed E-state index contributed by atoms with van der Waals surface area (Å²) in [5, 5.41) is 7.28. The molecule has 0 saturated heterocycles. The number of anilines is 1. The lowest BCUT2D eigenvalue weighted by atomic mass is 10.1. The van der Waals surface area contributed by atoms with E-state index in [1.165, 1.54) is 4.88 Å². The standard InChI is InChI=1S/C21H21N3O3S/c1-14-11-16(7-8-18(14)27-17-5-3-9-22-13-17)24-21(26)20(25)23-12-15(2)19-6-4-10-28-19/h3-11,13,15H,12H2,1-2H3,(H,23,25)(H,24,26)/t15-/m0/s1. The second-order valence-corrected chi connectivity index (χ2v) is 7.33. The number of benzene rings is 1. The molecule has 0 spiro atoms. The van der Waals surface area contributed by atoms with E-state index in [1.54, 1.807) is 48.0 Å². The summed E-state index contributed by atoms with van der Waals surface area (Å²) in [7, 11) is 0. The van der Waals surface area contributed by atoms with E-state index in [9.17, 15) is 9.59 Å². The van der Waals surface area contributed by atoms with Crippen molar-refractivity contribution in [2.24, 2.45) is 0 Å². The number of nitrogens with one attached hydrogen (secondary N) is 2. The van der Waals surface area contributed by atoms with E-state index in [2.05, 4.69) is 15.6 Å². The number of ether oxygens (including phenoxy) is 1. The first-order valence-electron chi connectivity index (χ1n) is 8.84. The van der Waals surface area contributed by atoms with Gasteiger partial charge in [0.1, 0.15) is 11.5 Å². The molecule has 7 heteroatoms. The Hall–Kier alpha value is -3.19. The van der Waals surface area contributed by atoms with Gasteiger partial charge in [0.05, 0.1) is 6.20 Å². The smallest absolute Gasteiger partial charge is 0.313 e. The number of carbonyl (C=O) groups excluding carboxylic acids is 2. The Balaban J connectivity index is 1.54. The predicted molar refractivity (Wildman–Crippen MR) is 110 cm³/mol. The maximum atomic E-state index is 12.1. The molecule has 2 amide bonds. The molecule has 0 radical (unpaired) electrons. The number of rotatable bonds is 6. The molecule has 144 valence electrons. The van der Waals surface area contributed by atoms with Gasteiger partial charge in [-0.3, -0.25) is 14.6 Å². The summed E-state index contributed by atoms with van der Waals surface area (Å²) in [4.78, 5) is 29.4. The van der Waals surface area contributed by atoms with Crippen LogP contribution in [0.25, 0.3) is 0 Å². The SMILES string of the molecule is Cc1cc(NC(=O)C(=O)NC[C@H](C)c2cccs2)ccc1Oc1cccnc1. The van der Waals surface area contributed by atoms with Crippen LogP contribution < -0.4 is 15.4 Å². The molecule has 2 aromatic heterocycles. The number of hydrogen-bond donors (Lipinski definition) is 2. The molecule has 28 heavy (non-hydrogen) atoms. The van der Waals surface area contributed by atoms with Gasteiger partial charge in [0.25, 0.3) is 0 Å². The average molecular weight is 395 g/mol. The average Bonchev–Trinajstić information content (AvgIpc) is 3.23. The van der Waals surface area contributed by atoms with Crippen molar-refractivity contribution in [1.82, 2.24) is 10.3 Å². The van der Waals surface area contributed by atoms with Crippen molar-refractivity contribution in [3.05, 3.63) is 70.7 Å². The summed E-state index contributed by atoms with van der Waals surface area (Å²) in [6.07, 6.45) is 3.29. The molecular weight excluding hydrogens is 374 g/mol. The van der Waals surface area contributed by atoms with Crippen LogP contribution in [0.3, 0.4) is 0 Å². The fraction of sp³-hybridized carbons (Fsp3) is 0.190. The highest BCUT2D eigenvalue weighted by Gasteiger charge is 2.16. The Kier molecular flexibility index (Phi) is 6.39. The van der Waals surface area contributed by atoms with E-state index < -0.39 is 11.8 Å². The molecule has 0 aliphatic heterocycles. The molecule has 0 aliphatic rings. The van der Waals surface area contributed by atoms with Crippen LogP contribution in [0.5, 0.6) is 11.5 Å². The van der Waals surface area contributed by atoms with Gasteiger partial charge in [0.15, 0.2) is 0 Å². The molecule has 2 N–H and O–H groups in total. The van der Waals surface area contributed by atoms with Gasteiger partial charge in [0, 0.05) is 29.2 Å². The van der Waals surface area contributed by atoms with E-state index in [4.69, 9.17) is 4.74 Å². The van der Waals surface area contributed by atoms with Crippen LogP contribution >= 0.6 is 11.3 Å². The Bertz CT molecular complexity index is 943. The van der Waals surface area contributed by atoms with Gasteiger partial charge in [-0.2, -0.15) is 0 Å². The van der Waals surface area contributed by atoms with Gasteiger partial charge in [-0.25, -0.2) is 0 Å². The molecule has 1 atom stereocenters. The van der Waals surface area contributed by atoms with E-state index >= 15 is 0 Å². The van der Waals surface area contributed by atoms with Gasteiger partial charge < -0.3 is 15.4 Å². The fourth-order valence-electron chi connectivity index (χ4n) is 2.56. The van der Waals surface area contributed by atoms with Gasteiger partial charge in [-0.1, -0.05) is 13.0 Å². The minimum atomic E-state index is -0.696. The zero-order chi connectivity index (χ0) is 19.9. The van der Waals surface area contributed by atoms with Crippen LogP contribution in [-0.2, 0) is 9.59 Å². The van der Waals surface area contributed by atoms with Crippen molar-refractivity contribution in [1.29, 1.82) is 0 Å².